The average Bonchev–Trinajstić information content (AvgIpc) is 2.90. The fourth-order valence-corrected chi connectivity index (χ4v) is 3.42. The van der Waals surface area contributed by atoms with E-state index in [-0.39, 0.29) is 11.6 Å². The van der Waals surface area contributed by atoms with Gasteiger partial charge in [-0.2, -0.15) is 0 Å². The van der Waals surface area contributed by atoms with E-state index in [9.17, 15) is 0 Å². The molecule has 1 fully saturated rings. The highest BCUT2D eigenvalue weighted by molar-refractivity contribution is 7.10. The quantitative estimate of drug-likeness (QED) is 0.611. The Bertz CT molecular complexity index is 294. The molecule has 3 nitrogen and oxygen atoms in total. The minimum absolute atomic E-state index is 0.0976. The number of nitrogens with two attached hydrogens (primary N) is 1. The number of hydrogen-bond acceptors (Lipinski definition) is 4. The molecule has 3 N–H and O–H groups in total. The van der Waals surface area contributed by atoms with Crippen LogP contribution < -0.4 is 11.3 Å². The molecule has 0 bridgehead atoms. The van der Waals surface area contributed by atoms with Gasteiger partial charge in [0.1, 0.15) is 0 Å². The minimum Gasteiger partial charge on any atom is -0.376 e. The van der Waals surface area contributed by atoms with Gasteiger partial charge in [0.2, 0.25) is 0 Å². The third-order valence-electron chi connectivity index (χ3n) is 3.38. The van der Waals surface area contributed by atoms with Gasteiger partial charge in [-0.3, -0.25) is 5.84 Å². The van der Waals surface area contributed by atoms with Crippen LogP contribution in [0.1, 0.15) is 36.6 Å². The second-order valence-corrected chi connectivity index (χ2v) is 5.07. The Kier molecular flexibility index (Phi) is 3.41. The zero-order valence-corrected chi connectivity index (χ0v) is 9.85. The van der Waals surface area contributed by atoms with Crippen molar-refractivity contribution >= 4 is 11.3 Å². The fourth-order valence-electron chi connectivity index (χ4n) is 2.53. The van der Waals surface area contributed by atoms with Crippen molar-refractivity contribution < 1.29 is 4.74 Å². The third kappa shape index (κ3) is 1.95. The highest BCUT2D eigenvalue weighted by Crippen LogP contribution is 2.43. The largest absolute Gasteiger partial charge is 0.376 e. The summed E-state index contributed by atoms with van der Waals surface area (Å²) in [4.78, 5) is 1.27. The molecule has 4 heteroatoms. The summed E-state index contributed by atoms with van der Waals surface area (Å²) < 4.78 is 5.74. The second-order valence-electron chi connectivity index (χ2n) is 4.09. The van der Waals surface area contributed by atoms with Crippen LogP contribution in [0.2, 0.25) is 0 Å². The first-order valence-corrected chi connectivity index (χ1v) is 6.25. The molecule has 2 rings (SSSR count). The molecule has 15 heavy (non-hydrogen) atoms. The van der Waals surface area contributed by atoms with Crippen molar-refractivity contribution in [1.82, 2.24) is 5.43 Å². The number of hydrogen-bond donors (Lipinski definition) is 2. The Balaban J connectivity index is 2.24. The Hall–Kier alpha value is -0.420. The number of rotatable bonds is 4. The fraction of sp³-hybridized carbons (Fsp3) is 0.636. The molecule has 1 aromatic heterocycles. The summed E-state index contributed by atoms with van der Waals surface area (Å²) in [5.41, 5.74) is 2.83. The number of methoxy groups -OCH3 is 1. The number of ether oxygens (including phenoxy) is 1. The summed E-state index contributed by atoms with van der Waals surface area (Å²) in [6.07, 6.45) is 4.65. The molecule has 1 aromatic rings. The molecule has 1 heterocycles. The van der Waals surface area contributed by atoms with Crippen LogP contribution in [0.4, 0.5) is 0 Å². The topological polar surface area (TPSA) is 47.3 Å². The van der Waals surface area contributed by atoms with Crippen molar-refractivity contribution in [3.05, 3.63) is 22.4 Å². The highest BCUT2D eigenvalue weighted by atomic mass is 32.1. The lowest BCUT2D eigenvalue weighted by atomic mass is 9.91. The van der Waals surface area contributed by atoms with E-state index in [1.165, 1.54) is 17.7 Å². The Morgan fingerprint density at radius 1 is 1.53 bits per heavy atom. The SMILES string of the molecule is COC1(C(NN)c2cccs2)CCCC1. The smallest absolute Gasteiger partial charge is 0.0893 e. The van der Waals surface area contributed by atoms with Crippen LogP contribution in [0.15, 0.2) is 17.5 Å². The van der Waals surface area contributed by atoms with Crippen molar-refractivity contribution in [3.63, 3.8) is 0 Å². The second kappa shape index (κ2) is 4.61. The van der Waals surface area contributed by atoms with Crippen LogP contribution >= 0.6 is 11.3 Å². The van der Waals surface area contributed by atoms with Gasteiger partial charge in [-0.05, 0) is 24.3 Å². The van der Waals surface area contributed by atoms with Gasteiger partial charge < -0.3 is 4.74 Å². The normalized spacial score (nSPS) is 21.7. The lowest BCUT2D eigenvalue weighted by Gasteiger charge is -2.35. The summed E-state index contributed by atoms with van der Waals surface area (Å²) in [7, 11) is 1.79. The van der Waals surface area contributed by atoms with E-state index in [0.29, 0.717) is 0 Å². The predicted molar refractivity (Wildman–Crippen MR) is 62.6 cm³/mol. The van der Waals surface area contributed by atoms with Gasteiger partial charge in [-0.1, -0.05) is 18.9 Å². The molecule has 1 atom stereocenters. The van der Waals surface area contributed by atoms with E-state index >= 15 is 0 Å². The standard InChI is InChI=1S/C11H18N2OS/c1-14-11(6-2-3-7-11)10(13-12)9-5-4-8-15-9/h4-5,8,10,13H,2-3,6-7,12H2,1H3. The molecule has 0 radical (unpaired) electrons. The van der Waals surface area contributed by atoms with E-state index in [0.717, 1.165) is 12.8 Å². The average molecular weight is 226 g/mol. The van der Waals surface area contributed by atoms with E-state index in [1.54, 1.807) is 18.4 Å². The molecule has 0 aromatic carbocycles. The van der Waals surface area contributed by atoms with Crippen molar-refractivity contribution in [2.75, 3.05) is 7.11 Å². The Morgan fingerprint density at radius 2 is 2.27 bits per heavy atom. The van der Waals surface area contributed by atoms with Gasteiger partial charge in [0.05, 0.1) is 11.6 Å². The molecule has 1 unspecified atom stereocenters. The summed E-state index contributed by atoms with van der Waals surface area (Å²) in [6.45, 7) is 0. The first-order chi connectivity index (χ1) is 7.32. The number of hydrazine groups is 1. The predicted octanol–water partition coefficient (Wildman–Crippen LogP) is 2.21. The maximum atomic E-state index is 5.74. The number of thiophene rings is 1. The van der Waals surface area contributed by atoms with E-state index in [4.69, 9.17) is 10.6 Å². The van der Waals surface area contributed by atoms with Crippen molar-refractivity contribution in [2.45, 2.75) is 37.3 Å². The van der Waals surface area contributed by atoms with Gasteiger partial charge in [-0.15, -0.1) is 11.3 Å². The summed E-state index contributed by atoms with van der Waals surface area (Å²) in [6, 6.07) is 4.31. The monoisotopic (exact) mass is 226 g/mol. The molecule has 0 spiro atoms. The van der Waals surface area contributed by atoms with Crippen LogP contribution in [-0.2, 0) is 4.74 Å². The summed E-state index contributed by atoms with van der Waals surface area (Å²) in [5.74, 6) is 5.68. The molecule has 0 amide bonds. The Labute approximate surface area is 94.6 Å². The van der Waals surface area contributed by atoms with Crippen LogP contribution in [-0.4, -0.2) is 12.7 Å². The molecule has 1 aliphatic carbocycles. The van der Waals surface area contributed by atoms with Gasteiger partial charge in [0.25, 0.3) is 0 Å². The summed E-state index contributed by atoms with van der Waals surface area (Å²) in [5, 5.41) is 2.08. The molecular formula is C11H18N2OS. The third-order valence-corrected chi connectivity index (χ3v) is 4.31. The van der Waals surface area contributed by atoms with Crippen LogP contribution in [0.3, 0.4) is 0 Å². The van der Waals surface area contributed by atoms with Crippen LogP contribution in [0.5, 0.6) is 0 Å². The molecule has 84 valence electrons. The first-order valence-electron chi connectivity index (χ1n) is 5.37. The number of nitrogens with one attached hydrogen (secondary N) is 1. The van der Waals surface area contributed by atoms with Crippen LogP contribution in [0.25, 0.3) is 0 Å². The maximum absolute atomic E-state index is 5.74. The van der Waals surface area contributed by atoms with Crippen molar-refractivity contribution in [3.8, 4) is 0 Å². The zero-order chi connectivity index (χ0) is 10.7. The molecule has 1 saturated carbocycles. The van der Waals surface area contributed by atoms with E-state index in [2.05, 4.69) is 22.9 Å². The van der Waals surface area contributed by atoms with E-state index in [1.807, 2.05) is 0 Å². The van der Waals surface area contributed by atoms with Crippen molar-refractivity contribution in [2.24, 2.45) is 5.84 Å². The first kappa shape index (κ1) is 11.1. The highest BCUT2D eigenvalue weighted by Gasteiger charge is 2.42. The maximum Gasteiger partial charge on any atom is 0.0893 e. The van der Waals surface area contributed by atoms with Gasteiger partial charge in [0.15, 0.2) is 0 Å². The molecule has 1 aliphatic rings. The molecular weight excluding hydrogens is 208 g/mol. The zero-order valence-electron chi connectivity index (χ0n) is 9.03. The minimum atomic E-state index is -0.0976. The van der Waals surface area contributed by atoms with Gasteiger partial charge in [-0.25, -0.2) is 5.43 Å². The molecule has 0 saturated heterocycles. The van der Waals surface area contributed by atoms with Gasteiger partial charge in [0, 0.05) is 12.0 Å². The van der Waals surface area contributed by atoms with Gasteiger partial charge >= 0.3 is 0 Å². The van der Waals surface area contributed by atoms with Crippen molar-refractivity contribution in [1.29, 1.82) is 0 Å². The Morgan fingerprint density at radius 3 is 2.73 bits per heavy atom. The lowest BCUT2D eigenvalue weighted by molar-refractivity contribution is -0.0359. The summed E-state index contributed by atoms with van der Waals surface area (Å²) >= 11 is 1.73. The van der Waals surface area contributed by atoms with Crippen LogP contribution in [0, 0.1) is 0 Å². The van der Waals surface area contributed by atoms with E-state index < -0.39 is 0 Å². The molecule has 0 aliphatic heterocycles. The lowest BCUT2D eigenvalue weighted by Crippen LogP contribution is -2.45.